The van der Waals surface area contributed by atoms with E-state index in [2.05, 4.69) is 5.10 Å². The lowest BCUT2D eigenvalue weighted by atomic mass is 10.3. The third kappa shape index (κ3) is 4.27. The van der Waals surface area contributed by atoms with E-state index in [1.54, 1.807) is 51.1 Å². The van der Waals surface area contributed by atoms with Crippen LogP contribution in [-0.2, 0) is 14.2 Å². The molecular weight excluding hydrogens is 368 g/mol. The van der Waals surface area contributed by atoms with Gasteiger partial charge in [0, 0.05) is 0 Å². The number of hydrogen-bond acceptors (Lipinski definition) is 6. The maximum atomic E-state index is 12.7. The molecule has 10 heteroatoms. The maximum absolute atomic E-state index is 12.7. The molecule has 0 radical (unpaired) electrons. The highest BCUT2D eigenvalue weighted by Crippen LogP contribution is 2.13. The number of para-hydroxylation sites is 1. The highest BCUT2D eigenvalue weighted by molar-refractivity contribution is 5.89. The van der Waals surface area contributed by atoms with Crippen LogP contribution in [0.25, 0.3) is 5.69 Å². The van der Waals surface area contributed by atoms with Crippen molar-refractivity contribution >= 4 is 18.2 Å². The summed E-state index contributed by atoms with van der Waals surface area (Å²) in [6, 6.07) is 8.64. The Morgan fingerprint density at radius 1 is 0.893 bits per heavy atom. The van der Waals surface area contributed by atoms with Gasteiger partial charge in [0.05, 0.1) is 31.2 Å². The van der Waals surface area contributed by atoms with Crippen molar-refractivity contribution in [3.63, 3.8) is 0 Å². The number of rotatable bonds is 5. The van der Waals surface area contributed by atoms with E-state index in [4.69, 9.17) is 14.2 Å². The molecule has 0 atom stereocenters. The summed E-state index contributed by atoms with van der Waals surface area (Å²) in [6.45, 7) is 6.74. The average Bonchev–Trinajstić information content (AvgIpc) is 2.68. The summed E-state index contributed by atoms with van der Waals surface area (Å²) in [5.74, 6) is -0.682. The molecule has 0 fully saturated rings. The summed E-state index contributed by atoms with van der Waals surface area (Å²) in [5.41, 5.74) is 0.579. The quantitative estimate of drug-likeness (QED) is 0.619. The van der Waals surface area contributed by atoms with Crippen molar-refractivity contribution in [1.29, 1.82) is 0 Å². The molecule has 0 aliphatic rings. The van der Waals surface area contributed by atoms with E-state index in [0.29, 0.717) is 5.69 Å². The monoisotopic (exact) mass is 392 g/mol. The van der Waals surface area contributed by atoms with Gasteiger partial charge in [-0.05, 0) is 39.8 Å². The van der Waals surface area contributed by atoms with Gasteiger partial charge >= 0.3 is 18.2 Å². The lowest BCUT2D eigenvalue weighted by molar-refractivity contribution is 0.0508. The normalized spacial score (nSPS) is 10.3. The van der Waals surface area contributed by atoms with Crippen molar-refractivity contribution in [3.05, 3.63) is 41.7 Å². The van der Waals surface area contributed by atoms with Crippen LogP contribution in [0, 0.1) is 6.92 Å². The highest BCUT2D eigenvalue weighted by Gasteiger charge is 2.26. The first-order chi connectivity index (χ1) is 13.5. The summed E-state index contributed by atoms with van der Waals surface area (Å²) >= 11 is 0. The molecule has 0 spiro atoms. The topological polar surface area (TPSA) is 109 Å². The first-order valence-corrected chi connectivity index (χ1v) is 8.89. The minimum atomic E-state index is -0.850. The van der Waals surface area contributed by atoms with E-state index in [1.807, 2.05) is 0 Å². The fourth-order valence-corrected chi connectivity index (χ4v) is 2.45. The van der Waals surface area contributed by atoms with Crippen LogP contribution >= 0.6 is 0 Å². The van der Waals surface area contributed by atoms with Crippen LogP contribution in [-0.4, -0.2) is 57.3 Å². The molecule has 152 valence electrons. The van der Waals surface area contributed by atoms with E-state index < -0.39 is 18.2 Å². The van der Waals surface area contributed by atoms with Crippen molar-refractivity contribution in [2.45, 2.75) is 27.7 Å². The van der Waals surface area contributed by atoms with Crippen molar-refractivity contribution in [3.8, 4) is 5.69 Å². The molecule has 1 aromatic carbocycles. The zero-order valence-corrected chi connectivity index (χ0v) is 16.3. The zero-order chi connectivity index (χ0) is 20.7. The van der Waals surface area contributed by atoms with Crippen LogP contribution in [0.3, 0.4) is 0 Å². The second-order valence-corrected chi connectivity index (χ2v) is 5.44. The molecule has 28 heavy (non-hydrogen) atoms. The lowest BCUT2D eigenvalue weighted by Gasteiger charge is -2.24. The van der Waals surface area contributed by atoms with Gasteiger partial charge in [0.15, 0.2) is 5.69 Å². The highest BCUT2D eigenvalue weighted by atomic mass is 16.6. The van der Waals surface area contributed by atoms with Crippen molar-refractivity contribution < 1.29 is 28.6 Å². The van der Waals surface area contributed by atoms with Gasteiger partial charge in [0.25, 0.3) is 0 Å². The molecule has 1 aromatic heterocycles. The first-order valence-electron chi connectivity index (χ1n) is 8.89. The van der Waals surface area contributed by atoms with Gasteiger partial charge in [0.2, 0.25) is 0 Å². The number of ether oxygens (including phenoxy) is 3. The molecule has 10 nitrogen and oxygen atoms in total. The molecule has 0 bridgehead atoms. The van der Waals surface area contributed by atoms with Crippen molar-refractivity contribution in [2.24, 2.45) is 0 Å². The van der Waals surface area contributed by atoms with Gasteiger partial charge in [-0.3, -0.25) is 5.10 Å². The largest absolute Gasteiger partial charge is 0.461 e. The summed E-state index contributed by atoms with van der Waals surface area (Å²) < 4.78 is 16.2. The van der Waals surface area contributed by atoms with Gasteiger partial charge in [-0.1, -0.05) is 23.0 Å². The SMILES string of the molecule is CCOC(=O)c1[nH]n(-c2ccccc2)n(C(=O)OCC)n(C(=O)OCC)c1C. The fourth-order valence-electron chi connectivity index (χ4n) is 2.45. The van der Waals surface area contributed by atoms with E-state index in [-0.39, 0.29) is 31.2 Å². The van der Waals surface area contributed by atoms with Gasteiger partial charge in [-0.2, -0.15) is 9.48 Å². The number of aromatic amines is 1. The van der Waals surface area contributed by atoms with Crippen molar-refractivity contribution in [2.75, 3.05) is 19.8 Å². The molecule has 2 rings (SSSR count). The summed E-state index contributed by atoms with van der Waals surface area (Å²) in [6.07, 6.45) is -1.69. The molecule has 1 N–H and O–H groups in total. The molecule has 2 aromatic rings. The van der Waals surface area contributed by atoms with Gasteiger partial charge < -0.3 is 14.2 Å². The minimum absolute atomic E-state index is 0.0145. The van der Waals surface area contributed by atoms with Gasteiger partial charge in [0.1, 0.15) is 0 Å². The third-order valence-corrected chi connectivity index (χ3v) is 3.63. The van der Waals surface area contributed by atoms with Crippen LogP contribution < -0.4 is 0 Å². The maximum Gasteiger partial charge on any atom is 0.451 e. The number of carbonyl (C=O) groups excluding carboxylic acids is 3. The van der Waals surface area contributed by atoms with E-state index in [9.17, 15) is 14.4 Å². The zero-order valence-electron chi connectivity index (χ0n) is 16.3. The second kappa shape index (κ2) is 9.49. The third-order valence-electron chi connectivity index (χ3n) is 3.63. The van der Waals surface area contributed by atoms with E-state index in [0.717, 1.165) is 9.48 Å². The average molecular weight is 392 g/mol. The molecule has 0 saturated heterocycles. The summed E-state index contributed by atoms with van der Waals surface area (Å²) in [4.78, 5) is 39.9. The van der Waals surface area contributed by atoms with E-state index in [1.165, 1.54) is 11.7 Å². The fraction of sp³-hybridized carbons (Fsp3) is 0.389. The summed E-state index contributed by atoms with van der Waals surface area (Å²) in [7, 11) is 0. The number of H-pyrrole nitrogens is 1. The Labute approximate surface area is 161 Å². The number of benzene rings is 1. The smallest absolute Gasteiger partial charge is 0.451 e. The Balaban J connectivity index is 2.88. The number of hydrogen-bond donors (Lipinski definition) is 1. The standard InChI is InChI=1S/C18H24N4O6/c1-5-26-16(23)15-13(4)20(17(24)27-6-2)22(18(25)28-7-3)21(19-15)14-11-9-8-10-12-14/h8-12,19H,5-7H2,1-4H3. The second-order valence-electron chi connectivity index (χ2n) is 5.44. The Morgan fingerprint density at radius 3 is 2.04 bits per heavy atom. The predicted octanol–water partition coefficient (Wildman–Crippen LogP) is 3.03. The van der Waals surface area contributed by atoms with Crippen molar-refractivity contribution in [1.82, 2.24) is 19.4 Å². The Bertz CT molecular complexity index is 885. The molecular formula is C18H24N4O6. The number of nitrogens with zero attached hydrogens (tertiary/aromatic N) is 3. The van der Waals surface area contributed by atoms with E-state index >= 15 is 0 Å². The minimum Gasteiger partial charge on any atom is -0.461 e. The van der Waals surface area contributed by atoms with Crippen LogP contribution in [0.1, 0.15) is 37.0 Å². The van der Waals surface area contributed by atoms with Crippen LogP contribution in [0.4, 0.5) is 9.59 Å². The molecule has 0 unspecified atom stereocenters. The molecule has 0 aliphatic heterocycles. The number of carbonyl (C=O) groups is 3. The number of esters is 1. The molecule has 0 aliphatic carbocycles. The lowest BCUT2D eigenvalue weighted by Crippen LogP contribution is -2.40. The predicted molar refractivity (Wildman–Crippen MR) is 99.3 cm³/mol. The van der Waals surface area contributed by atoms with Crippen LogP contribution in [0.5, 0.6) is 0 Å². The number of nitrogens with one attached hydrogen (secondary N) is 1. The molecule has 0 amide bonds. The Hall–Kier alpha value is -3.43. The van der Waals surface area contributed by atoms with Crippen LogP contribution in [0.2, 0.25) is 0 Å². The number of aromatic nitrogens is 4. The Kier molecular flexibility index (Phi) is 7.08. The molecule has 1 heterocycles. The molecule has 0 saturated carbocycles. The van der Waals surface area contributed by atoms with Gasteiger partial charge in [-0.25, -0.2) is 14.4 Å². The Morgan fingerprint density at radius 2 is 1.46 bits per heavy atom. The summed E-state index contributed by atoms with van der Waals surface area (Å²) in [5, 5.41) is 2.83. The van der Waals surface area contributed by atoms with Crippen LogP contribution in [0.15, 0.2) is 30.3 Å². The first kappa shape index (κ1) is 20.9. The van der Waals surface area contributed by atoms with Gasteiger partial charge in [-0.15, -0.1) is 0 Å².